The Labute approximate surface area is 159 Å². The molecule has 0 aliphatic heterocycles. The maximum Gasteiger partial charge on any atom is 0.335 e. The Morgan fingerprint density at radius 2 is 1.58 bits per heavy atom. The number of para-hydroxylation sites is 1. The first-order chi connectivity index (χ1) is 12.7. The van der Waals surface area contributed by atoms with Crippen molar-refractivity contribution in [3.05, 3.63) is 29.8 Å². The van der Waals surface area contributed by atoms with Gasteiger partial charge in [-0.25, -0.2) is 4.79 Å². The van der Waals surface area contributed by atoms with Gasteiger partial charge in [-0.3, -0.25) is 0 Å². The molecule has 0 aliphatic carbocycles. The molecule has 0 heterocycles. The van der Waals surface area contributed by atoms with Gasteiger partial charge in [-0.2, -0.15) is 0 Å². The van der Waals surface area contributed by atoms with Crippen molar-refractivity contribution in [2.24, 2.45) is 5.16 Å². The second-order valence-corrected chi connectivity index (χ2v) is 6.86. The Balaban J connectivity index is 2.14. The van der Waals surface area contributed by atoms with Crippen molar-refractivity contribution in [1.29, 1.82) is 0 Å². The molecule has 4 heteroatoms. The first-order valence-corrected chi connectivity index (χ1v) is 10.0. The van der Waals surface area contributed by atoms with Crippen molar-refractivity contribution in [1.82, 2.24) is 0 Å². The molecular formula is C22H35NO3. The van der Waals surface area contributed by atoms with Crippen molar-refractivity contribution < 1.29 is 14.4 Å². The van der Waals surface area contributed by atoms with Crippen LogP contribution in [-0.4, -0.2) is 18.8 Å². The van der Waals surface area contributed by atoms with Crippen LogP contribution in [0.3, 0.4) is 0 Å². The van der Waals surface area contributed by atoms with Crippen LogP contribution in [0.2, 0.25) is 0 Å². The van der Waals surface area contributed by atoms with E-state index in [1.165, 1.54) is 44.9 Å². The molecule has 0 N–H and O–H groups in total. The fraction of sp³-hybridized carbons (Fsp3) is 0.636. The van der Waals surface area contributed by atoms with E-state index in [1.807, 2.05) is 31.2 Å². The van der Waals surface area contributed by atoms with Gasteiger partial charge in [-0.15, -0.1) is 0 Å². The summed E-state index contributed by atoms with van der Waals surface area (Å²) >= 11 is 0. The Morgan fingerprint density at radius 1 is 0.962 bits per heavy atom. The maximum absolute atomic E-state index is 11.8. The van der Waals surface area contributed by atoms with E-state index in [9.17, 15) is 4.79 Å². The van der Waals surface area contributed by atoms with Gasteiger partial charge < -0.3 is 9.57 Å². The molecule has 0 bridgehead atoms. The molecule has 26 heavy (non-hydrogen) atoms. The minimum absolute atomic E-state index is 0.243. The lowest BCUT2D eigenvalue weighted by molar-refractivity contribution is -0.143. The zero-order chi connectivity index (χ0) is 19.0. The molecular weight excluding hydrogens is 326 g/mol. The van der Waals surface area contributed by atoms with Gasteiger partial charge in [0.05, 0.1) is 12.8 Å². The SMILES string of the molecule is CCCCCCCCCCCC(=O)O/N=C(\C)Cc1ccccc1OC. The first-order valence-electron chi connectivity index (χ1n) is 10.0. The lowest BCUT2D eigenvalue weighted by Crippen LogP contribution is -2.05. The standard InChI is InChI=1S/C22H35NO3/c1-4-5-6-7-8-9-10-11-12-17-22(24)26-23-19(2)18-20-15-13-14-16-21(20)25-3/h13-16H,4-12,17-18H2,1-3H3/b23-19+. The van der Waals surface area contributed by atoms with E-state index in [1.54, 1.807) is 7.11 Å². The van der Waals surface area contributed by atoms with Crippen LogP contribution >= 0.6 is 0 Å². The number of carbonyl (C=O) groups is 1. The molecule has 0 aliphatic rings. The highest BCUT2D eigenvalue weighted by atomic mass is 16.7. The normalized spacial score (nSPS) is 11.4. The molecule has 0 amide bonds. The number of carbonyl (C=O) groups excluding carboxylic acids is 1. The topological polar surface area (TPSA) is 47.9 Å². The van der Waals surface area contributed by atoms with Gasteiger partial charge in [0.1, 0.15) is 5.75 Å². The molecule has 0 radical (unpaired) electrons. The van der Waals surface area contributed by atoms with Gasteiger partial charge in [0.25, 0.3) is 0 Å². The second kappa shape index (κ2) is 14.3. The monoisotopic (exact) mass is 361 g/mol. The summed E-state index contributed by atoms with van der Waals surface area (Å²) in [7, 11) is 1.65. The quantitative estimate of drug-likeness (QED) is 0.175. The summed E-state index contributed by atoms with van der Waals surface area (Å²) in [5.74, 6) is 0.579. The molecule has 0 saturated heterocycles. The van der Waals surface area contributed by atoms with Crippen molar-refractivity contribution in [2.45, 2.75) is 84.5 Å². The third-order valence-electron chi connectivity index (χ3n) is 4.43. The smallest absolute Gasteiger partial charge is 0.335 e. The van der Waals surface area contributed by atoms with E-state index >= 15 is 0 Å². The number of methoxy groups -OCH3 is 1. The summed E-state index contributed by atoms with van der Waals surface area (Å²) in [6.07, 6.45) is 12.2. The number of nitrogens with zero attached hydrogens (tertiary/aromatic N) is 1. The number of unbranched alkanes of at least 4 members (excludes halogenated alkanes) is 8. The zero-order valence-electron chi connectivity index (χ0n) is 16.8. The Bertz CT molecular complexity index is 540. The fourth-order valence-corrected chi connectivity index (χ4v) is 2.91. The Morgan fingerprint density at radius 3 is 2.23 bits per heavy atom. The average molecular weight is 362 g/mol. The van der Waals surface area contributed by atoms with Crippen molar-refractivity contribution >= 4 is 11.7 Å². The van der Waals surface area contributed by atoms with Crippen molar-refractivity contribution in [3.63, 3.8) is 0 Å². The van der Waals surface area contributed by atoms with Crippen LogP contribution in [0.15, 0.2) is 29.4 Å². The Kier molecular flexibility index (Phi) is 12.2. The van der Waals surface area contributed by atoms with Crippen LogP contribution in [-0.2, 0) is 16.1 Å². The fourth-order valence-electron chi connectivity index (χ4n) is 2.91. The summed E-state index contributed by atoms with van der Waals surface area (Å²) in [5, 5.41) is 3.96. The van der Waals surface area contributed by atoms with Gasteiger partial charge in [0.2, 0.25) is 0 Å². The minimum atomic E-state index is -0.243. The van der Waals surface area contributed by atoms with Gasteiger partial charge in [0, 0.05) is 12.8 Å². The van der Waals surface area contributed by atoms with E-state index in [0.717, 1.165) is 29.9 Å². The van der Waals surface area contributed by atoms with Crippen LogP contribution in [0.1, 0.15) is 83.6 Å². The summed E-state index contributed by atoms with van der Waals surface area (Å²) in [6, 6.07) is 7.79. The Hall–Kier alpha value is -1.84. The predicted molar refractivity (Wildman–Crippen MR) is 108 cm³/mol. The molecule has 0 aromatic heterocycles. The van der Waals surface area contributed by atoms with Crippen LogP contribution in [0.5, 0.6) is 5.75 Å². The second-order valence-electron chi connectivity index (χ2n) is 6.86. The minimum Gasteiger partial charge on any atom is -0.496 e. The van der Waals surface area contributed by atoms with Crippen LogP contribution < -0.4 is 4.74 Å². The highest BCUT2D eigenvalue weighted by Gasteiger charge is 2.06. The van der Waals surface area contributed by atoms with E-state index in [-0.39, 0.29) is 5.97 Å². The first kappa shape index (κ1) is 22.2. The third-order valence-corrected chi connectivity index (χ3v) is 4.43. The van der Waals surface area contributed by atoms with E-state index < -0.39 is 0 Å². The average Bonchev–Trinajstić information content (AvgIpc) is 2.65. The predicted octanol–water partition coefficient (Wildman–Crippen LogP) is 6.08. The van der Waals surface area contributed by atoms with Crippen molar-refractivity contribution in [3.8, 4) is 5.75 Å². The van der Waals surface area contributed by atoms with Crippen LogP contribution in [0.25, 0.3) is 0 Å². The van der Waals surface area contributed by atoms with Crippen LogP contribution in [0.4, 0.5) is 0 Å². The van der Waals surface area contributed by atoms with Gasteiger partial charge in [-0.05, 0) is 25.0 Å². The summed E-state index contributed by atoms with van der Waals surface area (Å²) in [5.41, 5.74) is 1.79. The van der Waals surface area contributed by atoms with Crippen LogP contribution in [0, 0.1) is 0 Å². The summed E-state index contributed by atoms with van der Waals surface area (Å²) in [4.78, 5) is 16.8. The van der Waals surface area contributed by atoms with E-state index in [4.69, 9.17) is 9.57 Å². The number of oxime groups is 1. The molecule has 146 valence electrons. The highest BCUT2D eigenvalue weighted by molar-refractivity contribution is 5.85. The lowest BCUT2D eigenvalue weighted by atomic mass is 10.1. The van der Waals surface area contributed by atoms with Gasteiger partial charge in [0.15, 0.2) is 0 Å². The third kappa shape index (κ3) is 10.2. The number of hydrogen-bond acceptors (Lipinski definition) is 4. The molecule has 1 aromatic carbocycles. The molecule has 1 rings (SSSR count). The molecule has 0 spiro atoms. The highest BCUT2D eigenvalue weighted by Crippen LogP contribution is 2.18. The van der Waals surface area contributed by atoms with Gasteiger partial charge in [-0.1, -0.05) is 81.6 Å². The van der Waals surface area contributed by atoms with Crippen molar-refractivity contribution in [2.75, 3.05) is 7.11 Å². The number of hydrogen-bond donors (Lipinski definition) is 0. The van der Waals surface area contributed by atoms with E-state index in [2.05, 4.69) is 12.1 Å². The molecule has 1 aromatic rings. The number of benzene rings is 1. The number of ether oxygens (including phenoxy) is 1. The lowest BCUT2D eigenvalue weighted by Gasteiger charge is -2.07. The molecule has 0 saturated carbocycles. The molecule has 0 atom stereocenters. The summed E-state index contributed by atoms with van der Waals surface area (Å²) in [6.45, 7) is 4.10. The molecule has 4 nitrogen and oxygen atoms in total. The molecule has 0 fully saturated rings. The van der Waals surface area contributed by atoms with E-state index in [0.29, 0.717) is 12.8 Å². The zero-order valence-corrected chi connectivity index (χ0v) is 16.8. The number of rotatable bonds is 14. The summed E-state index contributed by atoms with van der Waals surface area (Å²) < 4.78 is 5.32. The maximum atomic E-state index is 11.8. The molecule has 0 unspecified atom stereocenters. The van der Waals surface area contributed by atoms with Gasteiger partial charge >= 0.3 is 5.97 Å². The largest absolute Gasteiger partial charge is 0.496 e.